The summed E-state index contributed by atoms with van der Waals surface area (Å²) in [5.74, 6) is -1.29. The van der Waals surface area contributed by atoms with E-state index < -0.39 is 11.8 Å². The number of nitrogens with two attached hydrogens (primary N) is 1. The first kappa shape index (κ1) is 13.4. The monoisotopic (exact) mass is 235 g/mol. The number of Topliss-reactive ketones (excluding diaryl/α,β-unsaturated/α-hetero) is 1. The number of rotatable bonds is 6. The average Bonchev–Trinajstić information content (AvgIpc) is 2.34. The molecule has 0 fully saturated rings. The van der Waals surface area contributed by atoms with E-state index in [4.69, 9.17) is 10.5 Å². The normalized spacial score (nSPS) is 10.0. The molecule has 0 aromatic heterocycles. The van der Waals surface area contributed by atoms with Crippen molar-refractivity contribution in [1.29, 1.82) is 0 Å². The first-order valence-electron chi connectivity index (χ1n) is 5.59. The number of hydrogen-bond acceptors (Lipinski definition) is 4. The summed E-state index contributed by atoms with van der Waals surface area (Å²) in [7, 11) is 0. The molecule has 0 saturated heterocycles. The smallest absolute Gasteiger partial charge is 0.374 e. The van der Waals surface area contributed by atoms with E-state index >= 15 is 0 Å². The summed E-state index contributed by atoms with van der Waals surface area (Å²) in [5, 5.41) is 0. The van der Waals surface area contributed by atoms with Crippen LogP contribution < -0.4 is 5.73 Å². The van der Waals surface area contributed by atoms with Gasteiger partial charge in [-0.2, -0.15) is 0 Å². The van der Waals surface area contributed by atoms with E-state index in [1.165, 1.54) is 0 Å². The minimum Gasteiger partial charge on any atom is -0.455 e. The minimum absolute atomic E-state index is 0.132. The van der Waals surface area contributed by atoms with Crippen molar-refractivity contribution < 1.29 is 14.3 Å². The molecule has 0 aliphatic rings. The van der Waals surface area contributed by atoms with Crippen LogP contribution in [0.3, 0.4) is 0 Å². The fourth-order valence-electron chi connectivity index (χ4n) is 1.28. The lowest BCUT2D eigenvalue weighted by Crippen LogP contribution is -2.18. The third-order valence-corrected chi connectivity index (χ3v) is 2.33. The molecule has 0 amide bonds. The third-order valence-electron chi connectivity index (χ3n) is 2.33. The van der Waals surface area contributed by atoms with E-state index in [0.29, 0.717) is 13.0 Å². The zero-order chi connectivity index (χ0) is 12.7. The lowest BCUT2D eigenvalue weighted by Gasteiger charge is -2.04. The lowest BCUT2D eigenvalue weighted by molar-refractivity contribution is -0.154. The molecule has 0 spiro atoms. The van der Waals surface area contributed by atoms with Gasteiger partial charge in [-0.05, 0) is 25.5 Å². The second-order valence-electron chi connectivity index (χ2n) is 3.88. The maximum atomic E-state index is 11.3. The van der Waals surface area contributed by atoms with Crippen molar-refractivity contribution in [3.8, 4) is 0 Å². The van der Waals surface area contributed by atoms with Gasteiger partial charge < -0.3 is 10.5 Å². The van der Waals surface area contributed by atoms with Crippen LogP contribution in [0, 0.1) is 6.92 Å². The van der Waals surface area contributed by atoms with Gasteiger partial charge >= 0.3 is 5.97 Å². The van der Waals surface area contributed by atoms with Crippen molar-refractivity contribution in [2.24, 2.45) is 5.73 Å². The van der Waals surface area contributed by atoms with Crippen molar-refractivity contribution in [1.82, 2.24) is 0 Å². The molecule has 2 N–H and O–H groups in total. The van der Waals surface area contributed by atoms with Crippen molar-refractivity contribution in [3.05, 3.63) is 35.4 Å². The summed E-state index contributed by atoms with van der Waals surface area (Å²) >= 11 is 0. The Morgan fingerprint density at radius 1 is 1.24 bits per heavy atom. The molecular weight excluding hydrogens is 218 g/mol. The molecule has 17 heavy (non-hydrogen) atoms. The van der Waals surface area contributed by atoms with E-state index in [1.807, 2.05) is 31.2 Å². The highest BCUT2D eigenvalue weighted by atomic mass is 16.5. The van der Waals surface area contributed by atoms with Crippen LogP contribution in [-0.4, -0.2) is 18.3 Å². The van der Waals surface area contributed by atoms with Crippen LogP contribution in [0.25, 0.3) is 0 Å². The topological polar surface area (TPSA) is 69.4 Å². The van der Waals surface area contributed by atoms with Gasteiger partial charge in [0.05, 0.1) is 0 Å². The van der Waals surface area contributed by atoms with Gasteiger partial charge in [-0.15, -0.1) is 0 Å². The van der Waals surface area contributed by atoms with Crippen LogP contribution in [0.5, 0.6) is 0 Å². The number of benzene rings is 1. The van der Waals surface area contributed by atoms with E-state index in [1.54, 1.807) is 0 Å². The van der Waals surface area contributed by atoms with Gasteiger partial charge in [-0.3, -0.25) is 4.79 Å². The summed E-state index contributed by atoms with van der Waals surface area (Å²) in [4.78, 5) is 22.5. The number of carbonyl (C=O) groups excluding carboxylic acids is 2. The van der Waals surface area contributed by atoms with Crippen LogP contribution in [-0.2, 0) is 20.9 Å². The maximum absolute atomic E-state index is 11.3. The fourth-order valence-corrected chi connectivity index (χ4v) is 1.28. The number of ketones is 1. The molecule has 4 heteroatoms. The van der Waals surface area contributed by atoms with Crippen molar-refractivity contribution in [2.75, 3.05) is 6.54 Å². The highest BCUT2D eigenvalue weighted by molar-refractivity contribution is 6.33. The van der Waals surface area contributed by atoms with Gasteiger partial charge in [0.25, 0.3) is 0 Å². The molecule has 1 aromatic carbocycles. The first-order chi connectivity index (χ1) is 8.13. The molecule has 0 bridgehead atoms. The molecule has 0 heterocycles. The standard InChI is InChI=1S/C13H17NO3/c1-10-4-6-11(7-5-10)9-17-13(16)12(15)3-2-8-14/h4-7H,2-3,8-9,14H2,1H3. The van der Waals surface area contributed by atoms with Crippen LogP contribution in [0.4, 0.5) is 0 Å². The van der Waals surface area contributed by atoms with Gasteiger partial charge in [-0.1, -0.05) is 29.8 Å². The van der Waals surface area contributed by atoms with Crippen molar-refractivity contribution in [3.63, 3.8) is 0 Å². The summed E-state index contributed by atoms with van der Waals surface area (Å²) in [5.41, 5.74) is 7.26. The van der Waals surface area contributed by atoms with E-state index in [-0.39, 0.29) is 13.0 Å². The Kier molecular flexibility index (Phi) is 5.36. The van der Waals surface area contributed by atoms with Gasteiger partial charge in [0.1, 0.15) is 6.61 Å². The quantitative estimate of drug-likeness (QED) is 0.597. The number of hydrogen-bond donors (Lipinski definition) is 1. The van der Waals surface area contributed by atoms with Crippen molar-refractivity contribution in [2.45, 2.75) is 26.4 Å². The highest BCUT2D eigenvalue weighted by Crippen LogP contribution is 2.05. The number of aryl methyl sites for hydroxylation is 1. The minimum atomic E-state index is -0.779. The van der Waals surface area contributed by atoms with Crippen LogP contribution in [0.1, 0.15) is 24.0 Å². The predicted molar refractivity (Wildman–Crippen MR) is 64.3 cm³/mol. The summed E-state index contributed by atoms with van der Waals surface area (Å²) in [6, 6.07) is 7.60. The van der Waals surface area contributed by atoms with Gasteiger partial charge in [0, 0.05) is 6.42 Å². The summed E-state index contributed by atoms with van der Waals surface area (Å²) in [6.07, 6.45) is 0.668. The van der Waals surface area contributed by atoms with Gasteiger partial charge in [0.15, 0.2) is 0 Å². The van der Waals surface area contributed by atoms with Crippen LogP contribution in [0.2, 0.25) is 0 Å². The summed E-state index contributed by atoms with van der Waals surface area (Å²) < 4.78 is 4.90. The third kappa shape index (κ3) is 4.78. The Hall–Kier alpha value is -1.68. The molecule has 0 aliphatic carbocycles. The zero-order valence-corrected chi connectivity index (χ0v) is 9.94. The first-order valence-corrected chi connectivity index (χ1v) is 5.59. The lowest BCUT2D eigenvalue weighted by atomic mass is 10.2. The molecule has 92 valence electrons. The van der Waals surface area contributed by atoms with Gasteiger partial charge in [0.2, 0.25) is 5.78 Å². The molecule has 0 unspecified atom stereocenters. The number of ether oxygens (including phenoxy) is 1. The molecule has 0 saturated carbocycles. The second kappa shape index (κ2) is 6.81. The van der Waals surface area contributed by atoms with Crippen molar-refractivity contribution >= 4 is 11.8 Å². The van der Waals surface area contributed by atoms with E-state index in [2.05, 4.69) is 0 Å². The Morgan fingerprint density at radius 3 is 2.47 bits per heavy atom. The Labute approximate surface area is 101 Å². The number of esters is 1. The molecule has 0 aliphatic heterocycles. The number of carbonyl (C=O) groups is 2. The predicted octanol–water partition coefficient (Wildman–Crippen LogP) is 1.35. The largest absolute Gasteiger partial charge is 0.455 e. The Bertz CT molecular complexity index is 384. The van der Waals surface area contributed by atoms with E-state index in [9.17, 15) is 9.59 Å². The van der Waals surface area contributed by atoms with E-state index in [0.717, 1.165) is 11.1 Å². The zero-order valence-electron chi connectivity index (χ0n) is 9.94. The maximum Gasteiger partial charge on any atom is 0.374 e. The molecule has 0 radical (unpaired) electrons. The second-order valence-corrected chi connectivity index (χ2v) is 3.88. The molecule has 1 aromatic rings. The molecule has 0 atom stereocenters. The SMILES string of the molecule is Cc1ccc(COC(=O)C(=O)CCCN)cc1. The average molecular weight is 235 g/mol. The Balaban J connectivity index is 2.37. The highest BCUT2D eigenvalue weighted by Gasteiger charge is 2.14. The van der Waals surface area contributed by atoms with Crippen LogP contribution in [0.15, 0.2) is 24.3 Å². The van der Waals surface area contributed by atoms with Crippen LogP contribution >= 0.6 is 0 Å². The molecule has 4 nitrogen and oxygen atoms in total. The van der Waals surface area contributed by atoms with Gasteiger partial charge in [-0.25, -0.2) is 4.79 Å². The fraction of sp³-hybridized carbons (Fsp3) is 0.385. The molecule has 1 rings (SSSR count). The molecular formula is C13H17NO3. The Morgan fingerprint density at radius 2 is 1.88 bits per heavy atom. The summed E-state index contributed by atoms with van der Waals surface area (Å²) in [6.45, 7) is 2.51.